The average molecular weight is 276 g/mol. The Labute approximate surface area is 117 Å². The highest BCUT2D eigenvalue weighted by atomic mass is 16.5. The number of nitrogens with one attached hydrogen (secondary N) is 1. The third-order valence-corrected chi connectivity index (χ3v) is 2.26. The first kappa shape index (κ1) is 15.5. The molecule has 0 spiro atoms. The topological polar surface area (TPSA) is 90.6 Å². The van der Waals surface area contributed by atoms with Crippen LogP contribution in [0.5, 0.6) is 5.75 Å². The Morgan fingerprint density at radius 1 is 1.45 bits per heavy atom. The van der Waals surface area contributed by atoms with Crippen LogP contribution in [0.3, 0.4) is 0 Å². The van der Waals surface area contributed by atoms with Crippen molar-refractivity contribution in [3.8, 4) is 18.1 Å². The van der Waals surface area contributed by atoms with Gasteiger partial charge in [0, 0.05) is 0 Å². The second-order valence-corrected chi connectivity index (χ2v) is 3.68. The normalized spacial score (nSPS) is 9.45. The third-order valence-electron chi connectivity index (χ3n) is 2.26. The quantitative estimate of drug-likeness (QED) is 0.591. The Kier molecular flexibility index (Phi) is 6.07. The molecule has 0 aromatic heterocycles. The van der Waals surface area contributed by atoms with Crippen molar-refractivity contribution < 1.29 is 19.1 Å². The predicted molar refractivity (Wildman–Crippen MR) is 74.4 cm³/mol. The van der Waals surface area contributed by atoms with Crippen LogP contribution in [0.1, 0.15) is 17.3 Å². The smallest absolute Gasteiger partial charge is 0.338 e. The molecule has 1 aromatic rings. The number of benzene rings is 1. The molecule has 106 valence electrons. The van der Waals surface area contributed by atoms with Crippen molar-refractivity contribution in [3.63, 3.8) is 0 Å². The fourth-order valence-electron chi connectivity index (χ4n) is 1.41. The molecule has 3 N–H and O–H groups in total. The highest BCUT2D eigenvalue weighted by Crippen LogP contribution is 2.26. The molecule has 1 rings (SSSR count). The molecule has 0 heterocycles. The number of esters is 1. The lowest BCUT2D eigenvalue weighted by Gasteiger charge is -2.12. The summed E-state index contributed by atoms with van der Waals surface area (Å²) in [7, 11) is 0. The second-order valence-electron chi connectivity index (χ2n) is 3.68. The Bertz CT molecular complexity index is 534. The third kappa shape index (κ3) is 4.30. The van der Waals surface area contributed by atoms with E-state index in [9.17, 15) is 9.59 Å². The minimum Gasteiger partial charge on any atom is -0.479 e. The maximum Gasteiger partial charge on any atom is 0.338 e. The summed E-state index contributed by atoms with van der Waals surface area (Å²) >= 11 is 0. The molecule has 0 radical (unpaired) electrons. The molecule has 0 bridgehead atoms. The number of terminal acetylenes is 1. The van der Waals surface area contributed by atoms with Crippen LogP contribution in [0.2, 0.25) is 0 Å². The number of rotatable bonds is 6. The van der Waals surface area contributed by atoms with E-state index in [-0.39, 0.29) is 31.4 Å². The molecule has 1 aromatic carbocycles. The SMILES string of the molecule is C#CCOc1cc(C(=O)OCC)ccc1NC(=O)CN. The minimum atomic E-state index is -0.477. The van der Waals surface area contributed by atoms with E-state index in [4.69, 9.17) is 21.6 Å². The Hall–Kier alpha value is -2.52. The largest absolute Gasteiger partial charge is 0.479 e. The van der Waals surface area contributed by atoms with E-state index in [2.05, 4.69) is 11.2 Å². The molecule has 0 saturated carbocycles. The summed E-state index contributed by atoms with van der Waals surface area (Å²) in [6.45, 7) is 1.83. The second kappa shape index (κ2) is 7.81. The van der Waals surface area contributed by atoms with Crippen LogP contribution in [0, 0.1) is 12.3 Å². The van der Waals surface area contributed by atoms with Gasteiger partial charge in [-0.25, -0.2) is 4.79 Å². The van der Waals surface area contributed by atoms with Crippen molar-refractivity contribution >= 4 is 17.6 Å². The van der Waals surface area contributed by atoms with Gasteiger partial charge in [0.2, 0.25) is 5.91 Å². The fraction of sp³-hybridized carbons (Fsp3) is 0.286. The van der Waals surface area contributed by atoms with E-state index in [0.717, 1.165) is 0 Å². The summed E-state index contributed by atoms with van der Waals surface area (Å²) < 4.78 is 10.2. The van der Waals surface area contributed by atoms with Gasteiger partial charge < -0.3 is 20.5 Å². The molecule has 0 aliphatic heterocycles. The monoisotopic (exact) mass is 276 g/mol. The number of carbonyl (C=O) groups excluding carboxylic acids is 2. The Balaban J connectivity index is 3.02. The maximum atomic E-state index is 11.6. The van der Waals surface area contributed by atoms with Crippen molar-refractivity contribution in [1.29, 1.82) is 0 Å². The van der Waals surface area contributed by atoms with Gasteiger partial charge >= 0.3 is 5.97 Å². The lowest BCUT2D eigenvalue weighted by molar-refractivity contribution is -0.114. The van der Waals surface area contributed by atoms with Gasteiger partial charge in [0.1, 0.15) is 12.4 Å². The van der Waals surface area contributed by atoms with E-state index in [1.165, 1.54) is 18.2 Å². The van der Waals surface area contributed by atoms with Crippen molar-refractivity contribution in [2.75, 3.05) is 25.1 Å². The van der Waals surface area contributed by atoms with Gasteiger partial charge in [0.25, 0.3) is 0 Å². The van der Waals surface area contributed by atoms with E-state index in [1.54, 1.807) is 6.92 Å². The number of amides is 1. The summed E-state index contributed by atoms with van der Waals surface area (Å²) in [6.07, 6.45) is 5.13. The highest BCUT2D eigenvalue weighted by molar-refractivity contribution is 5.95. The van der Waals surface area contributed by atoms with Gasteiger partial charge in [0.05, 0.1) is 24.4 Å². The number of carbonyl (C=O) groups is 2. The van der Waals surface area contributed by atoms with E-state index in [0.29, 0.717) is 11.3 Å². The molecule has 0 aliphatic rings. The van der Waals surface area contributed by atoms with Gasteiger partial charge in [-0.05, 0) is 25.1 Å². The number of hydrogen-bond acceptors (Lipinski definition) is 5. The van der Waals surface area contributed by atoms with Gasteiger partial charge in [-0.3, -0.25) is 4.79 Å². The highest BCUT2D eigenvalue weighted by Gasteiger charge is 2.12. The minimum absolute atomic E-state index is 0.0117. The lowest BCUT2D eigenvalue weighted by atomic mass is 10.2. The van der Waals surface area contributed by atoms with E-state index >= 15 is 0 Å². The molecule has 20 heavy (non-hydrogen) atoms. The van der Waals surface area contributed by atoms with Gasteiger partial charge in [-0.1, -0.05) is 5.92 Å². The summed E-state index contributed by atoms with van der Waals surface area (Å²) in [5.74, 6) is 1.74. The average Bonchev–Trinajstić information content (AvgIpc) is 2.46. The van der Waals surface area contributed by atoms with Gasteiger partial charge in [0.15, 0.2) is 0 Å². The zero-order valence-corrected chi connectivity index (χ0v) is 11.1. The zero-order valence-electron chi connectivity index (χ0n) is 11.1. The number of nitrogens with two attached hydrogens (primary N) is 1. The van der Waals surface area contributed by atoms with Crippen LogP contribution in [0.4, 0.5) is 5.69 Å². The summed E-state index contributed by atoms with van der Waals surface area (Å²) in [6, 6.07) is 4.51. The zero-order chi connectivity index (χ0) is 15.0. The van der Waals surface area contributed by atoms with Gasteiger partial charge in [-0.2, -0.15) is 0 Å². The van der Waals surface area contributed by atoms with Gasteiger partial charge in [-0.15, -0.1) is 6.42 Å². The summed E-state index contributed by atoms with van der Waals surface area (Å²) in [5, 5.41) is 2.56. The predicted octanol–water partition coefficient (Wildman–Crippen LogP) is 0.773. The van der Waals surface area contributed by atoms with E-state index in [1.807, 2.05) is 0 Å². The molecule has 0 unspecified atom stereocenters. The van der Waals surface area contributed by atoms with Crippen LogP contribution in [0.15, 0.2) is 18.2 Å². The standard InChI is InChI=1S/C14H16N2O4/c1-3-7-20-12-8-10(14(18)19-4-2)5-6-11(12)16-13(17)9-15/h1,5-6,8H,4,7,9,15H2,2H3,(H,16,17). The molecule has 0 atom stereocenters. The molecule has 6 heteroatoms. The fourth-order valence-corrected chi connectivity index (χ4v) is 1.41. The molecule has 1 amide bonds. The number of hydrogen-bond donors (Lipinski definition) is 2. The Morgan fingerprint density at radius 3 is 2.80 bits per heavy atom. The molecule has 0 saturated heterocycles. The number of ether oxygens (including phenoxy) is 2. The first-order valence-electron chi connectivity index (χ1n) is 5.99. The van der Waals surface area contributed by atoms with Crippen LogP contribution in [-0.2, 0) is 9.53 Å². The molecular formula is C14H16N2O4. The molecule has 0 fully saturated rings. The van der Waals surface area contributed by atoms with Crippen LogP contribution in [-0.4, -0.2) is 31.6 Å². The Morgan fingerprint density at radius 2 is 2.20 bits per heavy atom. The maximum absolute atomic E-state index is 11.6. The lowest BCUT2D eigenvalue weighted by Crippen LogP contribution is -2.22. The van der Waals surface area contributed by atoms with Crippen molar-refractivity contribution in [2.24, 2.45) is 5.73 Å². The molecule has 6 nitrogen and oxygen atoms in total. The van der Waals surface area contributed by atoms with E-state index < -0.39 is 5.97 Å². The van der Waals surface area contributed by atoms with Crippen molar-refractivity contribution in [1.82, 2.24) is 0 Å². The van der Waals surface area contributed by atoms with Crippen LogP contribution >= 0.6 is 0 Å². The molecular weight excluding hydrogens is 260 g/mol. The number of anilines is 1. The van der Waals surface area contributed by atoms with Crippen LogP contribution in [0.25, 0.3) is 0 Å². The first-order chi connectivity index (χ1) is 9.62. The molecule has 0 aliphatic carbocycles. The first-order valence-corrected chi connectivity index (χ1v) is 5.99. The summed E-state index contributed by atoms with van der Waals surface area (Å²) in [5.41, 5.74) is 5.93. The van der Waals surface area contributed by atoms with Crippen molar-refractivity contribution in [3.05, 3.63) is 23.8 Å². The summed E-state index contributed by atoms with van der Waals surface area (Å²) in [4.78, 5) is 22.9. The van der Waals surface area contributed by atoms with Crippen molar-refractivity contribution in [2.45, 2.75) is 6.92 Å². The van der Waals surface area contributed by atoms with Crippen LogP contribution < -0.4 is 15.8 Å².